The van der Waals surface area contributed by atoms with Gasteiger partial charge < -0.3 is 14.2 Å². The summed E-state index contributed by atoms with van der Waals surface area (Å²) in [5.41, 5.74) is 0. The number of rotatable bonds is 3. The van der Waals surface area contributed by atoms with E-state index in [1.54, 1.807) is 0 Å². The second-order valence-electron chi connectivity index (χ2n) is 19.2. The summed E-state index contributed by atoms with van der Waals surface area (Å²) in [4.78, 5) is 3.33. The van der Waals surface area contributed by atoms with E-state index < -0.39 is 0 Å². The molecule has 0 aromatic rings. The number of fused-ring (bicyclic) bond motifs is 13. The summed E-state index contributed by atoms with van der Waals surface area (Å²) in [6, 6.07) is 2.00. The van der Waals surface area contributed by atoms with Crippen LogP contribution in [0, 0.1) is 47.3 Å². The SMILES string of the molecule is C1CCC2C(C1)OC1C2CCCC1N(C1CCCC2C3CCCCC3OC21)C1CCCC2C3CCC4OC5CCCCC5C4C3SC21. The Bertz CT molecular complexity index is 1100. The van der Waals surface area contributed by atoms with E-state index >= 15 is 0 Å². The molecule has 11 fully saturated rings. The molecule has 4 aliphatic heterocycles. The van der Waals surface area contributed by atoms with Gasteiger partial charge >= 0.3 is 0 Å². The van der Waals surface area contributed by atoms with Crippen LogP contribution in [0.15, 0.2) is 0 Å². The Labute approximate surface area is 290 Å². The largest absolute Gasteiger partial charge is 0.374 e. The maximum atomic E-state index is 7.37. The molecule has 19 unspecified atom stereocenters. The first-order chi connectivity index (χ1) is 23.3. The summed E-state index contributed by atoms with van der Waals surface area (Å²) in [5.74, 6) is 6.97. The Kier molecular flexibility index (Phi) is 8.13. The van der Waals surface area contributed by atoms with E-state index in [0.717, 1.165) is 63.9 Å². The minimum atomic E-state index is 0.491. The Morgan fingerprint density at radius 3 is 1.47 bits per heavy atom. The quantitative estimate of drug-likeness (QED) is 0.301. The fourth-order valence-corrected chi connectivity index (χ4v) is 18.3. The number of thioether (sulfide) groups is 1. The van der Waals surface area contributed by atoms with Crippen LogP contribution >= 0.6 is 11.8 Å². The molecular weight excluding hydrogens is 599 g/mol. The van der Waals surface area contributed by atoms with Crippen molar-refractivity contribution in [3.05, 3.63) is 0 Å². The van der Waals surface area contributed by atoms with Crippen LogP contribution in [-0.2, 0) is 14.2 Å². The molecular formula is C42H65NO3S. The molecule has 0 radical (unpaired) electrons. The van der Waals surface area contributed by atoms with Gasteiger partial charge in [-0.3, -0.25) is 4.90 Å². The third-order valence-electron chi connectivity index (χ3n) is 17.4. The first-order valence-electron chi connectivity index (χ1n) is 21.7. The standard InChI is InChI=1S/C42H65NO3S/c1-4-19-34-24(10-1)26-13-7-16-31(39(26)45-34)43(32-17-8-14-27-25-11-2-5-20-35(25)46-40(27)32)33-18-9-15-28-29-22-23-37-38(42(29)47-41(28)33)30-12-3-6-21-36(30)44-37/h24-42H,1-23H2. The van der Waals surface area contributed by atoms with E-state index in [2.05, 4.69) is 16.7 Å². The van der Waals surface area contributed by atoms with Crippen molar-refractivity contribution in [3.8, 4) is 0 Å². The maximum absolute atomic E-state index is 7.37. The zero-order chi connectivity index (χ0) is 30.6. The van der Waals surface area contributed by atoms with Gasteiger partial charge in [0.05, 0.1) is 36.6 Å². The molecule has 19 atom stereocenters. The summed E-state index contributed by atoms with van der Waals surface area (Å²) < 4.78 is 21.7. The zero-order valence-corrected chi connectivity index (χ0v) is 30.1. The van der Waals surface area contributed by atoms with Gasteiger partial charge in [0.2, 0.25) is 0 Å². The van der Waals surface area contributed by atoms with E-state index in [0.29, 0.717) is 48.7 Å². The molecule has 4 heterocycles. The van der Waals surface area contributed by atoms with Gasteiger partial charge in [-0.15, -0.1) is 0 Å². The molecule has 47 heavy (non-hydrogen) atoms. The highest BCUT2D eigenvalue weighted by Gasteiger charge is 2.62. The molecule has 0 aromatic carbocycles. The summed E-state index contributed by atoms with van der Waals surface area (Å²) in [6.45, 7) is 0. The Balaban J connectivity index is 0.947. The van der Waals surface area contributed by atoms with Crippen molar-refractivity contribution in [1.29, 1.82) is 0 Å². The second-order valence-corrected chi connectivity index (χ2v) is 20.5. The lowest BCUT2D eigenvalue weighted by Gasteiger charge is -2.54. The van der Waals surface area contributed by atoms with Gasteiger partial charge in [-0.05, 0) is 131 Å². The Morgan fingerprint density at radius 1 is 0.340 bits per heavy atom. The molecule has 0 spiro atoms. The van der Waals surface area contributed by atoms with Crippen LogP contribution in [0.5, 0.6) is 0 Å². The van der Waals surface area contributed by atoms with Crippen molar-refractivity contribution in [3.63, 3.8) is 0 Å². The maximum Gasteiger partial charge on any atom is 0.0766 e. The minimum absolute atomic E-state index is 0.491. The van der Waals surface area contributed by atoms with Crippen LogP contribution in [0.25, 0.3) is 0 Å². The summed E-state index contributed by atoms with van der Waals surface area (Å²) in [5, 5.41) is 1.70. The molecule has 7 saturated carbocycles. The highest BCUT2D eigenvalue weighted by Crippen LogP contribution is 2.63. The summed E-state index contributed by atoms with van der Waals surface area (Å²) in [7, 11) is 0. The molecule has 4 saturated heterocycles. The predicted octanol–water partition coefficient (Wildman–Crippen LogP) is 9.18. The van der Waals surface area contributed by atoms with Crippen LogP contribution < -0.4 is 0 Å². The molecule has 7 aliphatic carbocycles. The lowest BCUT2D eigenvalue weighted by Crippen LogP contribution is -2.64. The van der Waals surface area contributed by atoms with Crippen LogP contribution in [0.4, 0.5) is 0 Å². The summed E-state index contributed by atoms with van der Waals surface area (Å²) in [6.07, 6.45) is 36.0. The molecule has 0 amide bonds. The van der Waals surface area contributed by atoms with Gasteiger partial charge in [-0.2, -0.15) is 11.8 Å². The van der Waals surface area contributed by atoms with E-state index in [9.17, 15) is 0 Å². The molecule has 11 rings (SSSR count). The van der Waals surface area contributed by atoms with Crippen molar-refractivity contribution in [1.82, 2.24) is 4.90 Å². The average molecular weight is 664 g/mol. The molecule has 5 heteroatoms. The highest BCUT2D eigenvalue weighted by atomic mass is 32.2. The average Bonchev–Trinajstić information content (AvgIpc) is 3.88. The fourth-order valence-electron chi connectivity index (χ4n) is 15.8. The van der Waals surface area contributed by atoms with E-state index in [4.69, 9.17) is 14.2 Å². The zero-order valence-electron chi connectivity index (χ0n) is 29.3. The van der Waals surface area contributed by atoms with Gasteiger partial charge in [0.15, 0.2) is 0 Å². The number of hydrogen-bond donors (Lipinski definition) is 0. The fraction of sp³-hybridized carbons (Fsp3) is 1.00. The van der Waals surface area contributed by atoms with Crippen LogP contribution in [0.1, 0.15) is 148 Å². The Morgan fingerprint density at radius 2 is 0.830 bits per heavy atom. The topological polar surface area (TPSA) is 30.9 Å². The monoisotopic (exact) mass is 663 g/mol. The van der Waals surface area contributed by atoms with Gasteiger partial charge in [0.25, 0.3) is 0 Å². The smallest absolute Gasteiger partial charge is 0.0766 e. The van der Waals surface area contributed by atoms with Gasteiger partial charge in [-0.1, -0.05) is 57.8 Å². The van der Waals surface area contributed by atoms with Crippen molar-refractivity contribution in [2.45, 2.75) is 213 Å². The highest BCUT2D eigenvalue weighted by molar-refractivity contribution is 8.00. The third-order valence-corrected chi connectivity index (χ3v) is 19.4. The summed E-state index contributed by atoms with van der Waals surface area (Å²) >= 11 is 2.56. The van der Waals surface area contributed by atoms with Gasteiger partial charge in [0, 0.05) is 34.5 Å². The van der Waals surface area contributed by atoms with E-state index in [-0.39, 0.29) is 0 Å². The molecule has 4 nitrogen and oxygen atoms in total. The second kappa shape index (κ2) is 12.4. The first-order valence-corrected chi connectivity index (χ1v) is 22.7. The number of ether oxygens (including phenoxy) is 3. The minimum Gasteiger partial charge on any atom is -0.374 e. The molecule has 11 aliphatic rings. The lowest BCUT2D eigenvalue weighted by molar-refractivity contribution is -0.118. The van der Waals surface area contributed by atoms with Gasteiger partial charge in [-0.25, -0.2) is 0 Å². The normalized spacial score (nSPS) is 58.0. The Hall–Kier alpha value is 0.190. The first kappa shape index (κ1) is 30.8. The van der Waals surface area contributed by atoms with Crippen LogP contribution in [-0.4, -0.2) is 70.1 Å². The number of nitrogens with zero attached hydrogens (tertiary/aromatic N) is 1. The van der Waals surface area contributed by atoms with E-state index in [1.807, 2.05) is 0 Å². The van der Waals surface area contributed by atoms with E-state index in [1.165, 1.54) is 148 Å². The van der Waals surface area contributed by atoms with Crippen LogP contribution in [0.2, 0.25) is 0 Å². The van der Waals surface area contributed by atoms with Crippen LogP contribution in [0.3, 0.4) is 0 Å². The van der Waals surface area contributed by atoms with Crippen molar-refractivity contribution in [2.75, 3.05) is 0 Å². The molecule has 0 bridgehead atoms. The molecule has 262 valence electrons. The molecule has 0 aromatic heterocycles. The number of hydrogen-bond acceptors (Lipinski definition) is 5. The van der Waals surface area contributed by atoms with Gasteiger partial charge in [0.1, 0.15) is 0 Å². The lowest BCUT2D eigenvalue weighted by atomic mass is 9.64. The van der Waals surface area contributed by atoms with Crippen molar-refractivity contribution in [2.24, 2.45) is 47.3 Å². The molecule has 0 N–H and O–H groups in total. The third kappa shape index (κ3) is 4.86. The van der Waals surface area contributed by atoms with Crippen molar-refractivity contribution >= 4 is 11.8 Å². The van der Waals surface area contributed by atoms with Crippen molar-refractivity contribution < 1.29 is 14.2 Å². The predicted molar refractivity (Wildman–Crippen MR) is 188 cm³/mol.